The molecule has 1 amide bonds. The van der Waals surface area contributed by atoms with Gasteiger partial charge >= 0.3 is 5.97 Å². The van der Waals surface area contributed by atoms with E-state index in [1.54, 1.807) is 10.9 Å². The summed E-state index contributed by atoms with van der Waals surface area (Å²) >= 11 is 0. The molecule has 1 heterocycles. The summed E-state index contributed by atoms with van der Waals surface area (Å²) in [4.78, 5) is 22.5. The highest BCUT2D eigenvalue weighted by atomic mass is 16.4. The molecule has 1 aromatic heterocycles. The summed E-state index contributed by atoms with van der Waals surface area (Å²) in [6.07, 6.45) is 2.98. The van der Waals surface area contributed by atoms with Gasteiger partial charge in [-0.3, -0.25) is 9.59 Å². The van der Waals surface area contributed by atoms with Crippen molar-refractivity contribution in [3.8, 4) is 0 Å². The third-order valence-electron chi connectivity index (χ3n) is 3.03. The fraction of sp³-hybridized carbons (Fsp3) is 0.600. The fourth-order valence-electron chi connectivity index (χ4n) is 1.65. The van der Waals surface area contributed by atoms with Crippen LogP contribution in [0, 0.1) is 5.41 Å². The van der Waals surface area contributed by atoms with Gasteiger partial charge in [0.1, 0.15) is 17.6 Å². The minimum atomic E-state index is -1.17. The van der Waals surface area contributed by atoms with Gasteiger partial charge in [0.15, 0.2) is 0 Å². The van der Waals surface area contributed by atoms with E-state index in [0.29, 0.717) is 25.8 Å². The first kappa shape index (κ1) is 11.6. The lowest BCUT2D eigenvalue weighted by Gasteiger charge is -2.10. The maximum atomic E-state index is 11.6. The number of hydrogen-bond donors (Lipinski definition) is 2. The molecule has 0 radical (unpaired) electrons. The second-order valence-corrected chi connectivity index (χ2v) is 4.25. The maximum Gasteiger partial charge on any atom is 0.319 e. The Bertz CT molecular complexity index is 450. The topological polar surface area (TPSA) is 97.1 Å². The van der Waals surface area contributed by atoms with Crippen molar-refractivity contribution in [1.29, 1.82) is 0 Å². The third kappa shape index (κ3) is 2.13. The van der Waals surface area contributed by atoms with Gasteiger partial charge in [-0.05, 0) is 12.8 Å². The lowest BCUT2D eigenvalue weighted by Crippen LogP contribution is -2.38. The Morgan fingerprint density at radius 2 is 2.29 bits per heavy atom. The van der Waals surface area contributed by atoms with Crippen LogP contribution >= 0.6 is 0 Å². The molecular formula is C10H14N4O3. The maximum absolute atomic E-state index is 11.6. The zero-order valence-corrected chi connectivity index (χ0v) is 9.51. The molecule has 2 N–H and O–H groups in total. The van der Waals surface area contributed by atoms with E-state index in [1.807, 2.05) is 7.05 Å². The number of nitrogens with zero attached hydrogens (tertiary/aromatic N) is 3. The van der Waals surface area contributed by atoms with E-state index in [-0.39, 0.29) is 0 Å². The summed E-state index contributed by atoms with van der Waals surface area (Å²) in [7, 11) is 1.82. The number of aryl methyl sites for hydroxylation is 1. The summed E-state index contributed by atoms with van der Waals surface area (Å²) in [5, 5.41) is 19.1. The Hall–Kier alpha value is -1.92. The molecule has 0 unspecified atom stereocenters. The molecule has 92 valence electrons. The molecule has 0 spiro atoms. The largest absolute Gasteiger partial charge is 0.480 e. The van der Waals surface area contributed by atoms with Crippen LogP contribution in [0.2, 0.25) is 0 Å². The number of aromatic nitrogens is 3. The van der Waals surface area contributed by atoms with Crippen LogP contribution in [0.1, 0.15) is 18.7 Å². The minimum absolute atomic E-state index is 0.375. The molecule has 0 atom stereocenters. The van der Waals surface area contributed by atoms with Crippen LogP contribution < -0.4 is 5.32 Å². The number of amides is 1. The number of rotatable bonds is 5. The van der Waals surface area contributed by atoms with E-state index in [9.17, 15) is 9.59 Å². The number of carbonyl (C=O) groups excluding carboxylic acids is 1. The second-order valence-electron chi connectivity index (χ2n) is 4.25. The molecule has 17 heavy (non-hydrogen) atoms. The highest BCUT2D eigenvalue weighted by molar-refractivity contribution is 6.04. The average molecular weight is 238 g/mol. The molecular weight excluding hydrogens is 224 g/mol. The van der Waals surface area contributed by atoms with Gasteiger partial charge in [0.2, 0.25) is 5.91 Å². The van der Waals surface area contributed by atoms with E-state index in [0.717, 1.165) is 5.82 Å². The summed E-state index contributed by atoms with van der Waals surface area (Å²) in [5.74, 6) is -0.675. The van der Waals surface area contributed by atoms with Gasteiger partial charge < -0.3 is 15.0 Å². The van der Waals surface area contributed by atoms with Crippen LogP contribution in [0.3, 0.4) is 0 Å². The summed E-state index contributed by atoms with van der Waals surface area (Å²) in [6, 6.07) is 0. The molecule has 0 aliphatic heterocycles. The highest BCUT2D eigenvalue weighted by Gasteiger charge is 2.56. The van der Waals surface area contributed by atoms with Crippen LogP contribution in [-0.4, -0.2) is 38.3 Å². The predicted molar refractivity (Wildman–Crippen MR) is 57.0 cm³/mol. The fourth-order valence-corrected chi connectivity index (χ4v) is 1.65. The smallest absolute Gasteiger partial charge is 0.319 e. The van der Waals surface area contributed by atoms with Crippen LogP contribution in [0.5, 0.6) is 0 Å². The van der Waals surface area contributed by atoms with Gasteiger partial charge in [-0.1, -0.05) is 0 Å². The van der Waals surface area contributed by atoms with Crippen molar-refractivity contribution in [2.24, 2.45) is 12.5 Å². The zero-order chi connectivity index (χ0) is 12.5. The third-order valence-corrected chi connectivity index (χ3v) is 3.03. The SMILES string of the molecule is Cn1cnnc1CCNC(=O)C1(C(=O)O)CC1. The van der Waals surface area contributed by atoms with Gasteiger partial charge in [0.25, 0.3) is 0 Å². The molecule has 1 aliphatic rings. The first-order valence-corrected chi connectivity index (χ1v) is 5.41. The standard InChI is InChI=1S/C10H14N4O3/c1-14-6-12-13-7(14)2-5-11-8(15)10(3-4-10)9(16)17/h6H,2-5H2,1H3,(H,11,15)(H,16,17). The lowest BCUT2D eigenvalue weighted by molar-refractivity contribution is -0.149. The van der Waals surface area contributed by atoms with Crippen LogP contribution in [0.4, 0.5) is 0 Å². The Balaban J connectivity index is 1.82. The summed E-state index contributed by atoms with van der Waals surface area (Å²) in [6.45, 7) is 0.375. The summed E-state index contributed by atoms with van der Waals surface area (Å²) in [5.41, 5.74) is -1.17. The molecule has 7 heteroatoms. The van der Waals surface area contributed by atoms with E-state index >= 15 is 0 Å². The van der Waals surface area contributed by atoms with Gasteiger partial charge in [-0.25, -0.2) is 0 Å². The molecule has 0 bridgehead atoms. The van der Waals surface area contributed by atoms with E-state index in [1.165, 1.54) is 0 Å². The molecule has 7 nitrogen and oxygen atoms in total. The number of aliphatic carboxylic acids is 1. The molecule has 1 aromatic rings. The normalized spacial score (nSPS) is 16.5. The van der Waals surface area contributed by atoms with E-state index in [4.69, 9.17) is 5.11 Å². The predicted octanol–water partition coefficient (Wildman–Crippen LogP) is -0.661. The molecule has 0 saturated heterocycles. The van der Waals surface area contributed by atoms with Crippen molar-refractivity contribution in [2.45, 2.75) is 19.3 Å². The van der Waals surface area contributed by atoms with E-state index < -0.39 is 17.3 Å². The Kier molecular flexibility index (Phi) is 2.83. The van der Waals surface area contributed by atoms with Crippen molar-refractivity contribution in [3.63, 3.8) is 0 Å². The first-order valence-electron chi connectivity index (χ1n) is 5.41. The first-order chi connectivity index (χ1) is 8.06. The van der Waals surface area contributed by atoms with E-state index in [2.05, 4.69) is 15.5 Å². The molecule has 1 aliphatic carbocycles. The van der Waals surface area contributed by atoms with Gasteiger partial charge in [-0.2, -0.15) is 0 Å². The Morgan fingerprint density at radius 3 is 2.76 bits per heavy atom. The van der Waals surface area contributed by atoms with Gasteiger partial charge in [-0.15, -0.1) is 10.2 Å². The minimum Gasteiger partial charge on any atom is -0.480 e. The van der Waals surface area contributed by atoms with Gasteiger partial charge in [0, 0.05) is 20.0 Å². The zero-order valence-electron chi connectivity index (χ0n) is 9.51. The second kappa shape index (κ2) is 4.15. The highest BCUT2D eigenvalue weighted by Crippen LogP contribution is 2.45. The van der Waals surface area contributed by atoms with Crippen molar-refractivity contribution < 1.29 is 14.7 Å². The average Bonchev–Trinajstić information content (AvgIpc) is 3.00. The molecule has 1 fully saturated rings. The number of carbonyl (C=O) groups is 2. The number of hydrogen-bond acceptors (Lipinski definition) is 4. The monoisotopic (exact) mass is 238 g/mol. The summed E-state index contributed by atoms with van der Waals surface area (Å²) < 4.78 is 1.76. The molecule has 0 aromatic carbocycles. The Morgan fingerprint density at radius 1 is 1.59 bits per heavy atom. The van der Waals surface area contributed by atoms with Crippen molar-refractivity contribution in [3.05, 3.63) is 12.2 Å². The van der Waals surface area contributed by atoms with Crippen LogP contribution in [-0.2, 0) is 23.1 Å². The van der Waals surface area contributed by atoms with Crippen molar-refractivity contribution in [1.82, 2.24) is 20.1 Å². The lowest BCUT2D eigenvalue weighted by atomic mass is 10.1. The molecule has 2 rings (SSSR count). The number of carboxylic acid groups (broad SMARTS) is 1. The van der Waals surface area contributed by atoms with Crippen molar-refractivity contribution in [2.75, 3.05) is 6.54 Å². The Labute approximate surface area is 97.8 Å². The number of nitrogens with one attached hydrogen (secondary N) is 1. The van der Waals surface area contributed by atoms with Crippen molar-refractivity contribution >= 4 is 11.9 Å². The van der Waals surface area contributed by atoms with Crippen LogP contribution in [0.15, 0.2) is 6.33 Å². The number of carboxylic acids is 1. The van der Waals surface area contributed by atoms with Gasteiger partial charge in [0.05, 0.1) is 0 Å². The van der Waals surface area contributed by atoms with Crippen LogP contribution in [0.25, 0.3) is 0 Å². The molecule has 1 saturated carbocycles. The quantitative estimate of drug-likeness (QED) is 0.664.